The Hall–Kier alpha value is -0.760. The molecular formula is C76H154N2O6P+. The number of rotatable bonds is 73. The minimum atomic E-state index is -4.33. The molecule has 0 aromatic rings. The first-order chi connectivity index (χ1) is 41.5. The van der Waals surface area contributed by atoms with Gasteiger partial charge < -0.3 is 19.8 Å². The van der Waals surface area contributed by atoms with Gasteiger partial charge in [-0.25, -0.2) is 4.57 Å². The molecule has 0 aliphatic heterocycles. The number of carbonyl (C=O) groups excluding carboxylic acids is 1. The van der Waals surface area contributed by atoms with E-state index in [4.69, 9.17) is 9.05 Å². The summed E-state index contributed by atoms with van der Waals surface area (Å²) in [6, 6.07) is -0.758. The lowest BCUT2D eigenvalue weighted by molar-refractivity contribution is -0.870. The van der Waals surface area contributed by atoms with Crippen molar-refractivity contribution in [2.45, 2.75) is 431 Å². The fourth-order valence-electron chi connectivity index (χ4n) is 12.3. The van der Waals surface area contributed by atoms with E-state index >= 15 is 0 Å². The second kappa shape index (κ2) is 67.6. The van der Waals surface area contributed by atoms with Crippen LogP contribution in [0.4, 0.5) is 0 Å². The van der Waals surface area contributed by atoms with Gasteiger partial charge in [-0.15, -0.1) is 0 Å². The number of phosphoric acid groups is 1. The van der Waals surface area contributed by atoms with Gasteiger partial charge >= 0.3 is 7.82 Å². The first-order valence-corrected chi connectivity index (χ1v) is 40.0. The molecule has 0 saturated carbocycles. The number of likely N-dealkylation sites (N-methyl/N-ethyl adjacent to an activating group) is 1. The SMILES string of the molecule is CCCCCCCCCC/C=C\CCCCCCCCCCCCCCCCCCCCCCCCCCCCCCCC(=O)NC(COP(=O)(O)OCC[N+](C)(C)C)C(O)CCCCCCCCCCCCCCCCCCCCCCCC. The highest BCUT2D eigenvalue weighted by Crippen LogP contribution is 2.43. The average Bonchev–Trinajstić information content (AvgIpc) is 3.48. The summed E-state index contributed by atoms with van der Waals surface area (Å²) < 4.78 is 23.9. The van der Waals surface area contributed by atoms with Crippen LogP contribution in [-0.4, -0.2) is 73.4 Å². The molecule has 1 amide bonds. The molecule has 0 saturated heterocycles. The first kappa shape index (κ1) is 84.2. The third-order valence-corrected chi connectivity index (χ3v) is 19.2. The van der Waals surface area contributed by atoms with Gasteiger partial charge in [0, 0.05) is 6.42 Å². The molecule has 0 fully saturated rings. The van der Waals surface area contributed by atoms with E-state index in [2.05, 4.69) is 31.3 Å². The molecule has 0 heterocycles. The van der Waals surface area contributed by atoms with Gasteiger partial charge in [0.05, 0.1) is 39.9 Å². The van der Waals surface area contributed by atoms with Crippen LogP contribution in [0.25, 0.3) is 0 Å². The van der Waals surface area contributed by atoms with Gasteiger partial charge in [0.1, 0.15) is 13.2 Å². The summed E-state index contributed by atoms with van der Waals surface area (Å²) in [6.45, 7) is 4.96. The maximum absolute atomic E-state index is 13.1. The zero-order valence-electron chi connectivity index (χ0n) is 58.4. The molecule has 0 aliphatic rings. The summed E-state index contributed by atoms with van der Waals surface area (Å²) in [6.07, 6.45) is 87.9. The van der Waals surface area contributed by atoms with Gasteiger partial charge in [0.15, 0.2) is 0 Å². The van der Waals surface area contributed by atoms with Crippen molar-refractivity contribution in [3.8, 4) is 0 Å². The highest BCUT2D eigenvalue weighted by atomic mass is 31.2. The van der Waals surface area contributed by atoms with E-state index in [9.17, 15) is 19.4 Å². The van der Waals surface area contributed by atoms with Crippen LogP contribution >= 0.6 is 7.82 Å². The Labute approximate surface area is 532 Å². The molecule has 3 unspecified atom stereocenters. The molecule has 508 valence electrons. The van der Waals surface area contributed by atoms with Crippen molar-refractivity contribution in [2.75, 3.05) is 40.9 Å². The largest absolute Gasteiger partial charge is 0.472 e. The number of amides is 1. The Morgan fingerprint density at radius 3 is 0.906 bits per heavy atom. The monoisotopic (exact) mass is 1220 g/mol. The van der Waals surface area contributed by atoms with Crippen molar-refractivity contribution in [1.29, 1.82) is 0 Å². The van der Waals surface area contributed by atoms with E-state index in [0.717, 1.165) is 38.5 Å². The molecule has 0 spiro atoms. The normalized spacial score (nSPS) is 13.5. The Bertz CT molecular complexity index is 1390. The predicted octanol–water partition coefficient (Wildman–Crippen LogP) is 24.8. The maximum atomic E-state index is 13.1. The summed E-state index contributed by atoms with van der Waals surface area (Å²) in [7, 11) is 1.64. The van der Waals surface area contributed by atoms with Crippen LogP contribution in [0.3, 0.4) is 0 Å². The van der Waals surface area contributed by atoms with Crippen molar-refractivity contribution in [3.63, 3.8) is 0 Å². The lowest BCUT2D eigenvalue weighted by Crippen LogP contribution is -2.46. The smallest absolute Gasteiger partial charge is 0.391 e. The maximum Gasteiger partial charge on any atom is 0.472 e. The lowest BCUT2D eigenvalue weighted by Gasteiger charge is -2.26. The first-order valence-electron chi connectivity index (χ1n) is 38.6. The summed E-state index contributed by atoms with van der Waals surface area (Å²) >= 11 is 0. The van der Waals surface area contributed by atoms with Gasteiger partial charge in [0.25, 0.3) is 0 Å². The van der Waals surface area contributed by atoms with Crippen LogP contribution in [0.2, 0.25) is 0 Å². The zero-order valence-corrected chi connectivity index (χ0v) is 59.3. The minimum Gasteiger partial charge on any atom is -0.391 e. The van der Waals surface area contributed by atoms with E-state index in [1.807, 2.05) is 21.1 Å². The quantitative estimate of drug-likeness (QED) is 0.0243. The fourth-order valence-corrected chi connectivity index (χ4v) is 13.0. The molecular weight excluding hydrogens is 1070 g/mol. The van der Waals surface area contributed by atoms with Gasteiger partial charge in [-0.05, 0) is 38.5 Å². The molecule has 85 heavy (non-hydrogen) atoms. The number of hydrogen-bond donors (Lipinski definition) is 3. The number of allylic oxidation sites excluding steroid dienone is 2. The fraction of sp³-hybridized carbons (Fsp3) is 0.961. The second-order valence-electron chi connectivity index (χ2n) is 28.1. The molecule has 8 nitrogen and oxygen atoms in total. The number of nitrogens with one attached hydrogen (secondary N) is 1. The van der Waals surface area contributed by atoms with E-state index in [-0.39, 0.29) is 19.1 Å². The summed E-state index contributed by atoms with van der Waals surface area (Å²) in [4.78, 5) is 23.5. The predicted molar refractivity (Wildman–Crippen MR) is 374 cm³/mol. The summed E-state index contributed by atoms with van der Waals surface area (Å²) in [5, 5.41) is 14.2. The second-order valence-corrected chi connectivity index (χ2v) is 29.5. The van der Waals surface area contributed by atoms with E-state index < -0.39 is 20.0 Å². The van der Waals surface area contributed by atoms with Crippen molar-refractivity contribution in [3.05, 3.63) is 12.2 Å². The number of nitrogens with zero attached hydrogens (tertiary/aromatic N) is 1. The standard InChI is InChI=1S/C76H153N2O6P/c1-6-8-10-12-14-16-18-20-22-24-26-28-30-31-32-33-34-35-36-37-38-39-40-41-42-43-44-45-46-47-48-50-52-54-56-58-60-62-64-66-68-70-76(80)77-74(73-84-85(81,82)83-72-71-78(3,4)5)75(79)69-67-65-63-61-59-57-55-53-51-49-29-27-25-23-21-19-17-15-13-11-9-7-2/h24,26,74-75,79H,6-23,25,27-73H2,1-5H3,(H-,77,80,81,82)/p+1/b26-24-. The average molecular weight is 1220 g/mol. The molecule has 0 radical (unpaired) electrons. The van der Waals surface area contributed by atoms with Crippen molar-refractivity contribution in [2.24, 2.45) is 0 Å². The topological polar surface area (TPSA) is 105 Å². The molecule has 0 bridgehead atoms. The minimum absolute atomic E-state index is 0.0789. The Kier molecular flexibility index (Phi) is 67.0. The van der Waals surface area contributed by atoms with Crippen LogP contribution < -0.4 is 5.32 Å². The highest BCUT2D eigenvalue weighted by molar-refractivity contribution is 7.47. The molecule has 0 aliphatic carbocycles. The van der Waals surface area contributed by atoms with E-state index in [0.29, 0.717) is 23.9 Å². The van der Waals surface area contributed by atoms with Crippen molar-refractivity contribution < 1.29 is 32.9 Å². The van der Waals surface area contributed by atoms with Crippen LogP contribution in [0, 0.1) is 0 Å². The number of hydrogen-bond acceptors (Lipinski definition) is 5. The number of unbranched alkanes of at least 4 members (excludes halogenated alkanes) is 58. The lowest BCUT2D eigenvalue weighted by atomic mass is 10.0. The van der Waals surface area contributed by atoms with E-state index in [1.54, 1.807) is 0 Å². The number of aliphatic hydroxyl groups excluding tert-OH is 1. The van der Waals surface area contributed by atoms with Gasteiger partial charge in [-0.3, -0.25) is 13.8 Å². The van der Waals surface area contributed by atoms with Gasteiger partial charge in [-0.1, -0.05) is 386 Å². The molecule has 0 aromatic heterocycles. The third-order valence-electron chi connectivity index (χ3n) is 18.3. The summed E-state index contributed by atoms with van der Waals surface area (Å²) in [5.74, 6) is -0.133. The Morgan fingerprint density at radius 2 is 0.635 bits per heavy atom. The van der Waals surface area contributed by atoms with Crippen LogP contribution in [0.1, 0.15) is 418 Å². The van der Waals surface area contributed by atoms with Gasteiger partial charge in [-0.2, -0.15) is 0 Å². The number of carbonyl (C=O) groups is 1. The summed E-state index contributed by atoms with van der Waals surface area (Å²) in [5.41, 5.74) is 0. The number of quaternary nitrogens is 1. The van der Waals surface area contributed by atoms with Crippen LogP contribution in [0.15, 0.2) is 12.2 Å². The van der Waals surface area contributed by atoms with Crippen molar-refractivity contribution in [1.82, 2.24) is 5.32 Å². The Balaban J connectivity index is 3.85. The molecule has 0 aromatic carbocycles. The zero-order chi connectivity index (χ0) is 61.9. The highest BCUT2D eigenvalue weighted by Gasteiger charge is 2.28. The van der Waals surface area contributed by atoms with Gasteiger partial charge in [0.2, 0.25) is 5.91 Å². The van der Waals surface area contributed by atoms with Crippen LogP contribution in [-0.2, 0) is 18.4 Å². The van der Waals surface area contributed by atoms with Crippen LogP contribution in [0.5, 0.6) is 0 Å². The molecule has 3 N–H and O–H groups in total. The molecule has 3 atom stereocenters. The number of aliphatic hydroxyl groups is 1. The Morgan fingerprint density at radius 1 is 0.388 bits per heavy atom. The van der Waals surface area contributed by atoms with Crippen molar-refractivity contribution >= 4 is 13.7 Å². The number of phosphoric ester groups is 1. The molecule has 9 heteroatoms. The van der Waals surface area contributed by atoms with E-state index in [1.165, 1.54) is 353 Å². The third kappa shape index (κ3) is 70.6. The molecule has 0 rings (SSSR count).